The van der Waals surface area contributed by atoms with Crippen molar-refractivity contribution in [1.82, 2.24) is 15.0 Å². The van der Waals surface area contributed by atoms with Gasteiger partial charge in [-0.15, -0.1) is 0 Å². The van der Waals surface area contributed by atoms with E-state index in [-0.39, 0.29) is 23.2 Å². The van der Waals surface area contributed by atoms with Gasteiger partial charge < -0.3 is 16.2 Å². The molecule has 3 heterocycles. The number of hydrogen-bond acceptors (Lipinski definition) is 6. The number of aliphatic hydroxyl groups is 1. The van der Waals surface area contributed by atoms with Gasteiger partial charge >= 0.3 is 0 Å². The third-order valence-corrected chi connectivity index (χ3v) is 6.72. The lowest BCUT2D eigenvalue weighted by atomic mass is 9.67. The molecule has 7 nitrogen and oxygen atoms in total. The fourth-order valence-electron chi connectivity index (χ4n) is 5.27. The van der Waals surface area contributed by atoms with Gasteiger partial charge in [0.1, 0.15) is 5.82 Å². The lowest BCUT2D eigenvalue weighted by molar-refractivity contribution is 0.00428. The number of rotatable bonds is 5. The summed E-state index contributed by atoms with van der Waals surface area (Å²) in [5.74, 6) is 0.146. The van der Waals surface area contributed by atoms with Crippen LogP contribution in [0.25, 0.3) is 11.4 Å². The molecule has 0 spiro atoms. The normalized spacial score (nSPS) is 22.5. The summed E-state index contributed by atoms with van der Waals surface area (Å²) in [5, 5.41) is 13.7. The molecule has 8 heteroatoms. The number of anilines is 2. The van der Waals surface area contributed by atoms with Crippen molar-refractivity contribution in [2.45, 2.75) is 45.6 Å². The van der Waals surface area contributed by atoms with E-state index in [1.165, 1.54) is 18.3 Å². The van der Waals surface area contributed by atoms with Crippen molar-refractivity contribution in [2.24, 2.45) is 17.8 Å². The second kappa shape index (κ2) is 9.85. The van der Waals surface area contributed by atoms with Gasteiger partial charge in [0.25, 0.3) is 5.91 Å². The number of aliphatic hydroxyl groups excluding tert-OH is 1. The standard InChI is InChI=1S/C26H30FN5O2/c1-14(2)24-15(3)10-16(11-23(24)33)18-7-8-29-13-22(18)32-26(34)25-19(28)4-5-20(31-25)21-12-17(27)6-9-30-21/h4-9,12-16,23-24,33H,10-11,28H2,1-3H3,(H,32,34). The maximum absolute atomic E-state index is 13.6. The molecule has 3 aromatic heterocycles. The fourth-order valence-corrected chi connectivity index (χ4v) is 5.27. The molecular formula is C26H30FN5O2. The third-order valence-electron chi connectivity index (χ3n) is 6.72. The zero-order chi connectivity index (χ0) is 24.4. The lowest BCUT2D eigenvalue weighted by Crippen LogP contribution is -2.37. The summed E-state index contributed by atoms with van der Waals surface area (Å²) in [6.45, 7) is 6.47. The second-order valence-corrected chi connectivity index (χ2v) is 9.45. The van der Waals surface area contributed by atoms with Gasteiger partial charge in [-0.05, 0) is 66.3 Å². The Bertz CT molecular complexity index is 1170. The minimum atomic E-state index is -0.491. The number of hydrogen-bond donors (Lipinski definition) is 3. The number of carbonyl (C=O) groups is 1. The summed E-state index contributed by atoms with van der Waals surface area (Å²) in [7, 11) is 0. The summed E-state index contributed by atoms with van der Waals surface area (Å²) >= 11 is 0. The Hall–Kier alpha value is -3.39. The van der Waals surface area contributed by atoms with Crippen LogP contribution in [0.5, 0.6) is 0 Å². The fraction of sp³-hybridized carbons (Fsp3) is 0.385. The Kier molecular flexibility index (Phi) is 6.88. The molecule has 0 aromatic carbocycles. The average molecular weight is 464 g/mol. The zero-order valence-corrected chi connectivity index (χ0v) is 19.6. The molecule has 1 aliphatic carbocycles. The van der Waals surface area contributed by atoms with E-state index >= 15 is 0 Å². The van der Waals surface area contributed by atoms with Crippen LogP contribution in [0, 0.1) is 23.6 Å². The predicted octanol–water partition coefficient (Wildman–Crippen LogP) is 4.66. The molecule has 178 valence electrons. The smallest absolute Gasteiger partial charge is 0.276 e. The zero-order valence-electron chi connectivity index (χ0n) is 19.6. The SMILES string of the molecule is CC(C)C1C(C)CC(c2ccncc2NC(=O)c2nc(-c3cc(F)ccn3)ccc2N)CC1O. The van der Waals surface area contributed by atoms with Gasteiger partial charge in [0.05, 0.1) is 35.1 Å². The van der Waals surface area contributed by atoms with Crippen molar-refractivity contribution in [3.63, 3.8) is 0 Å². The summed E-state index contributed by atoms with van der Waals surface area (Å²) in [4.78, 5) is 25.8. The lowest BCUT2D eigenvalue weighted by Gasteiger charge is -2.41. The molecule has 4 rings (SSSR count). The predicted molar refractivity (Wildman–Crippen MR) is 130 cm³/mol. The highest BCUT2D eigenvalue weighted by Gasteiger charge is 2.37. The molecule has 34 heavy (non-hydrogen) atoms. The first kappa shape index (κ1) is 23.8. The highest BCUT2D eigenvalue weighted by Crippen LogP contribution is 2.44. The molecule has 4 unspecified atom stereocenters. The van der Waals surface area contributed by atoms with Crippen LogP contribution in [0.3, 0.4) is 0 Å². The number of nitrogen functional groups attached to an aromatic ring is 1. The van der Waals surface area contributed by atoms with Crippen molar-refractivity contribution in [1.29, 1.82) is 0 Å². The Balaban J connectivity index is 1.59. The Morgan fingerprint density at radius 3 is 2.68 bits per heavy atom. The summed E-state index contributed by atoms with van der Waals surface area (Å²) in [5.41, 5.74) is 8.41. The summed E-state index contributed by atoms with van der Waals surface area (Å²) < 4.78 is 13.6. The molecule has 1 amide bonds. The van der Waals surface area contributed by atoms with Gasteiger partial charge in [-0.1, -0.05) is 20.8 Å². The van der Waals surface area contributed by atoms with Crippen LogP contribution in [0.15, 0.2) is 48.9 Å². The molecule has 1 saturated carbocycles. The number of nitrogens with two attached hydrogens (primary N) is 1. The number of pyridine rings is 3. The van der Waals surface area contributed by atoms with Gasteiger partial charge in [-0.25, -0.2) is 9.37 Å². The molecule has 4 N–H and O–H groups in total. The van der Waals surface area contributed by atoms with Crippen LogP contribution in [-0.4, -0.2) is 32.1 Å². The van der Waals surface area contributed by atoms with Gasteiger partial charge in [-0.3, -0.25) is 14.8 Å². The highest BCUT2D eigenvalue weighted by molar-refractivity contribution is 6.06. The molecule has 4 atom stereocenters. The Labute approximate surface area is 198 Å². The van der Waals surface area contributed by atoms with Crippen molar-refractivity contribution in [2.75, 3.05) is 11.1 Å². The minimum Gasteiger partial charge on any atom is -0.397 e. The van der Waals surface area contributed by atoms with E-state index in [4.69, 9.17) is 5.73 Å². The van der Waals surface area contributed by atoms with Crippen LogP contribution >= 0.6 is 0 Å². The molecule has 3 aromatic rings. The number of nitrogens with zero attached hydrogens (tertiary/aromatic N) is 3. The van der Waals surface area contributed by atoms with E-state index < -0.39 is 17.8 Å². The maximum Gasteiger partial charge on any atom is 0.276 e. The third kappa shape index (κ3) is 4.92. The topological polar surface area (TPSA) is 114 Å². The molecule has 1 fully saturated rings. The van der Waals surface area contributed by atoms with Crippen molar-refractivity contribution >= 4 is 17.3 Å². The number of aromatic nitrogens is 3. The van der Waals surface area contributed by atoms with Gasteiger partial charge in [-0.2, -0.15) is 0 Å². The molecule has 0 radical (unpaired) electrons. The van der Waals surface area contributed by atoms with E-state index in [0.29, 0.717) is 35.3 Å². The van der Waals surface area contributed by atoms with Crippen LogP contribution in [0.1, 0.15) is 55.6 Å². The van der Waals surface area contributed by atoms with E-state index in [9.17, 15) is 14.3 Å². The molecule has 0 saturated heterocycles. The van der Waals surface area contributed by atoms with Crippen LogP contribution in [0.4, 0.5) is 15.8 Å². The number of carbonyl (C=O) groups excluding carboxylic acids is 1. The van der Waals surface area contributed by atoms with E-state index in [0.717, 1.165) is 12.0 Å². The van der Waals surface area contributed by atoms with Crippen molar-refractivity contribution < 1.29 is 14.3 Å². The van der Waals surface area contributed by atoms with Crippen LogP contribution < -0.4 is 11.1 Å². The van der Waals surface area contributed by atoms with Crippen LogP contribution in [-0.2, 0) is 0 Å². The van der Waals surface area contributed by atoms with Crippen molar-refractivity contribution in [3.05, 3.63) is 66.0 Å². The number of nitrogens with one attached hydrogen (secondary N) is 1. The largest absolute Gasteiger partial charge is 0.397 e. The second-order valence-electron chi connectivity index (χ2n) is 9.45. The van der Waals surface area contributed by atoms with Gasteiger partial charge in [0.15, 0.2) is 5.69 Å². The van der Waals surface area contributed by atoms with Gasteiger partial charge in [0.2, 0.25) is 0 Å². The monoisotopic (exact) mass is 463 g/mol. The maximum atomic E-state index is 13.6. The molecular weight excluding hydrogens is 433 g/mol. The van der Waals surface area contributed by atoms with E-state index in [2.05, 4.69) is 41.0 Å². The molecule has 1 aliphatic rings. The first-order valence-corrected chi connectivity index (χ1v) is 11.6. The van der Waals surface area contributed by atoms with Crippen LogP contribution in [0.2, 0.25) is 0 Å². The quantitative estimate of drug-likeness (QED) is 0.507. The van der Waals surface area contributed by atoms with Gasteiger partial charge in [0, 0.05) is 18.5 Å². The summed E-state index contributed by atoms with van der Waals surface area (Å²) in [6.07, 6.45) is 5.77. The molecule has 0 bridgehead atoms. The summed E-state index contributed by atoms with van der Waals surface area (Å²) in [6, 6.07) is 7.53. The minimum absolute atomic E-state index is 0.0234. The first-order chi connectivity index (χ1) is 16.2. The number of halogens is 1. The number of amides is 1. The van der Waals surface area contributed by atoms with Crippen molar-refractivity contribution in [3.8, 4) is 11.4 Å². The average Bonchev–Trinajstić information content (AvgIpc) is 2.79. The van der Waals surface area contributed by atoms with E-state index in [1.54, 1.807) is 24.5 Å². The van der Waals surface area contributed by atoms with E-state index in [1.807, 2.05) is 6.07 Å². The Morgan fingerprint density at radius 1 is 1.18 bits per heavy atom. The Morgan fingerprint density at radius 2 is 1.97 bits per heavy atom. The highest BCUT2D eigenvalue weighted by atomic mass is 19.1. The first-order valence-electron chi connectivity index (χ1n) is 11.6. The molecule has 0 aliphatic heterocycles.